The van der Waals surface area contributed by atoms with Gasteiger partial charge in [-0.05, 0) is 30.5 Å². The molecule has 0 aliphatic carbocycles. The van der Waals surface area contributed by atoms with Gasteiger partial charge in [0, 0.05) is 13.1 Å². The van der Waals surface area contributed by atoms with E-state index in [-0.39, 0.29) is 18.6 Å². The van der Waals surface area contributed by atoms with E-state index >= 15 is 0 Å². The van der Waals surface area contributed by atoms with Crippen LogP contribution in [0.2, 0.25) is 0 Å². The number of piperidine rings is 1. The van der Waals surface area contributed by atoms with Crippen LogP contribution in [0.4, 0.5) is 0 Å². The van der Waals surface area contributed by atoms with Gasteiger partial charge in [0.15, 0.2) is 6.61 Å². The van der Waals surface area contributed by atoms with Crippen molar-refractivity contribution in [3.8, 4) is 11.8 Å². The second kappa shape index (κ2) is 6.76. The van der Waals surface area contributed by atoms with Crippen molar-refractivity contribution >= 4 is 5.91 Å². The highest BCUT2D eigenvalue weighted by molar-refractivity contribution is 5.82. The molecule has 100 valence electrons. The maximum Gasteiger partial charge on any atom is 0.237 e. The number of nitrogens with one attached hydrogen (secondary N) is 2. The summed E-state index contributed by atoms with van der Waals surface area (Å²) >= 11 is 0. The number of amides is 1. The second-order valence-corrected chi connectivity index (χ2v) is 4.46. The van der Waals surface area contributed by atoms with Gasteiger partial charge in [0.2, 0.25) is 5.91 Å². The summed E-state index contributed by atoms with van der Waals surface area (Å²) in [6, 6.07) is 9.35. The summed E-state index contributed by atoms with van der Waals surface area (Å²) in [5.74, 6) is 0.765. The van der Waals surface area contributed by atoms with Crippen molar-refractivity contribution in [1.82, 2.24) is 10.6 Å². The van der Waals surface area contributed by atoms with E-state index in [1.807, 2.05) is 30.3 Å². The smallest absolute Gasteiger partial charge is 0.237 e. The van der Waals surface area contributed by atoms with Crippen molar-refractivity contribution < 1.29 is 9.53 Å². The first-order valence-corrected chi connectivity index (χ1v) is 6.39. The summed E-state index contributed by atoms with van der Waals surface area (Å²) < 4.78 is 5.18. The van der Waals surface area contributed by atoms with E-state index in [1.54, 1.807) is 0 Å². The number of nitriles is 1. The lowest BCUT2D eigenvalue weighted by Gasteiger charge is -2.22. The molecule has 0 aromatic heterocycles. The van der Waals surface area contributed by atoms with Crippen molar-refractivity contribution in [3.05, 3.63) is 29.8 Å². The summed E-state index contributed by atoms with van der Waals surface area (Å²) in [6.07, 6.45) is 1.90. The zero-order chi connectivity index (χ0) is 13.5. The molecule has 5 nitrogen and oxygen atoms in total. The molecule has 5 heteroatoms. The first kappa shape index (κ1) is 13.4. The largest absolute Gasteiger partial charge is 0.479 e. The van der Waals surface area contributed by atoms with E-state index in [9.17, 15) is 4.79 Å². The van der Waals surface area contributed by atoms with Crippen LogP contribution in [0, 0.1) is 11.3 Å². The molecule has 0 radical (unpaired) electrons. The molecular weight excluding hydrogens is 242 g/mol. The van der Waals surface area contributed by atoms with Crippen LogP contribution < -0.4 is 15.4 Å². The Balaban J connectivity index is 1.82. The Morgan fingerprint density at radius 3 is 2.89 bits per heavy atom. The predicted molar refractivity (Wildman–Crippen MR) is 70.4 cm³/mol. The first-order chi connectivity index (χ1) is 9.29. The highest BCUT2D eigenvalue weighted by Gasteiger charge is 2.20. The third-order valence-electron chi connectivity index (χ3n) is 3.06. The van der Waals surface area contributed by atoms with Crippen LogP contribution in [-0.2, 0) is 11.3 Å². The van der Waals surface area contributed by atoms with Gasteiger partial charge in [-0.15, -0.1) is 0 Å². The van der Waals surface area contributed by atoms with Gasteiger partial charge in [0.1, 0.15) is 11.8 Å². The van der Waals surface area contributed by atoms with Crippen LogP contribution in [0.1, 0.15) is 18.4 Å². The normalized spacial score (nSPS) is 18.5. The van der Waals surface area contributed by atoms with Gasteiger partial charge in [-0.3, -0.25) is 4.79 Å². The summed E-state index contributed by atoms with van der Waals surface area (Å²) in [4.78, 5) is 11.6. The molecule has 19 heavy (non-hydrogen) atoms. The Labute approximate surface area is 112 Å². The summed E-state index contributed by atoms with van der Waals surface area (Å²) in [5, 5.41) is 14.5. The standard InChI is InChI=1S/C14H17N3O2/c15-7-9-19-12-5-3-11(4-6-12)10-17-13-2-1-8-16-14(13)18/h3-6,13,17H,1-2,8-10H2,(H,16,18). The second-order valence-electron chi connectivity index (χ2n) is 4.46. The van der Waals surface area contributed by atoms with Crippen molar-refractivity contribution in [2.24, 2.45) is 0 Å². The van der Waals surface area contributed by atoms with Crippen molar-refractivity contribution in [3.63, 3.8) is 0 Å². The minimum atomic E-state index is -0.0942. The predicted octanol–water partition coefficient (Wildman–Crippen LogP) is 0.957. The Bertz CT molecular complexity index is 465. The van der Waals surface area contributed by atoms with E-state index in [2.05, 4.69) is 10.6 Å². The summed E-state index contributed by atoms with van der Waals surface area (Å²) in [6.45, 7) is 1.48. The Morgan fingerprint density at radius 1 is 1.42 bits per heavy atom. The molecule has 1 amide bonds. The average molecular weight is 259 g/mol. The Hall–Kier alpha value is -2.06. The van der Waals surface area contributed by atoms with E-state index in [4.69, 9.17) is 10.00 Å². The summed E-state index contributed by atoms with van der Waals surface area (Å²) in [5.41, 5.74) is 1.09. The topological polar surface area (TPSA) is 74.2 Å². The van der Waals surface area contributed by atoms with Crippen molar-refractivity contribution in [2.75, 3.05) is 13.2 Å². The van der Waals surface area contributed by atoms with Crippen molar-refractivity contribution in [2.45, 2.75) is 25.4 Å². The van der Waals surface area contributed by atoms with Gasteiger partial charge in [0.25, 0.3) is 0 Å². The maximum absolute atomic E-state index is 11.6. The molecule has 0 bridgehead atoms. The third kappa shape index (κ3) is 3.97. The number of hydrogen-bond acceptors (Lipinski definition) is 4. The minimum Gasteiger partial charge on any atom is -0.479 e. The quantitative estimate of drug-likeness (QED) is 0.826. The van der Waals surface area contributed by atoms with Crippen LogP contribution in [0.25, 0.3) is 0 Å². The number of nitrogens with zero attached hydrogens (tertiary/aromatic N) is 1. The van der Waals surface area contributed by atoms with Gasteiger partial charge >= 0.3 is 0 Å². The van der Waals surface area contributed by atoms with Gasteiger partial charge in [0.05, 0.1) is 6.04 Å². The molecular formula is C14H17N3O2. The van der Waals surface area contributed by atoms with Gasteiger partial charge in [-0.2, -0.15) is 5.26 Å². The molecule has 1 aliphatic heterocycles. The van der Waals surface area contributed by atoms with Gasteiger partial charge in [-0.1, -0.05) is 12.1 Å². The molecule has 1 aromatic rings. The maximum atomic E-state index is 11.6. The summed E-state index contributed by atoms with van der Waals surface area (Å²) in [7, 11) is 0. The minimum absolute atomic E-state index is 0.0554. The van der Waals surface area contributed by atoms with Crippen LogP contribution in [0.3, 0.4) is 0 Å². The monoisotopic (exact) mass is 259 g/mol. The Morgan fingerprint density at radius 2 is 2.21 bits per heavy atom. The molecule has 1 unspecified atom stereocenters. The highest BCUT2D eigenvalue weighted by Crippen LogP contribution is 2.12. The fraction of sp³-hybridized carbons (Fsp3) is 0.429. The molecule has 1 atom stereocenters. The molecule has 1 fully saturated rings. The van der Waals surface area contributed by atoms with E-state index in [0.717, 1.165) is 24.9 Å². The molecule has 1 aliphatic rings. The van der Waals surface area contributed by atoms with Crippen LogP contribution in [0.5, 0.6) is 5.75 Å². The first-order valence-electron chi connectivity index (χ1n) is 6.39. The SMILES string of the molecule is N#CCOc1ccc(CNC2CCCNC2=O)cc1. The lowest BCUT2D eigenvalue weighted by Crippen LogP contribution is -2.47. The molecule has 0 saturated carbocycles. The molecule has 1 saturated heterocycles. The van der Waals surface area contributed by atoms with E-state index in [1.165, 1.54) is 0 Å². The number of carbonyl (C=O) groups is 1. The van der Waals surface area contributed by atoms with Crippen molar-refractivity contribution in [1.29, 1.82) is 5.26 Å². The third-order valence-corrected chi connectivity index (χ3v) is 3.06. The van der Waals surface area contributed by atoms with E-state index < -0.39 is 0 Å². The zero-order valence-electron chi connectivity index (χ0n) is 10.7. The highest BCUT2D eigenvalue weighted by atomic mass is 16.5. The number of hydrogen-bond donors (Lipinski definition) is 2. The Kier molecular flexibility index (Phi) is 4.76. The fourth-order valence-corrected chi connectivity index (χ4v) is 2.03. The average Bonchev–Trinajstić information content (AvgIpc) is 2.45. The van der Waals surface area contributed by atoms with Crippen LogP contribution in [-0.4, -0.2) is 25.1 Å². The molecule has 0 spiro atoms. The van der Waals surface area contributed by atoms with Crippen LogP contribution in [0.15, 0.2) is 24.3 Å². The number of rotatable bonds is 5. The van der Waals surface area contributed by atoms with Gasteiger partial charge < -0.3 is 15.4 Å². The molecule has 1 aromatic carbocycles. The number of carbonyl (C=O) groups excluding carboxylic acids is 1. The van der Waals surface area contributed by atoms with E-state index in [0.29, 0.717) is 12.3 Å². The number of ether oxygens (including phenoxy) is 1. The van der Waals surface area contributed by atoms with Gasteiger partial charge in [-0.25, -0.2) is 0 Å². The number of benzene rings is 1. The fourth-order valence-electron chi connectivity index (χ4n) is 2.03. The molecule has 2 N–H and O–H groups in total. The lowest BCUT2D eigenvalue weighted by atomic mass is 10.1. The lowest BCUT2D eigenvalue weighted by molar-refractivity contribution is -0.124. The molecule has 2 rings (SSSR count). The molecule has 1 heterocycles. The zero-order valence-corrected chi connectivity index (χ0v) is 10.7. The van der Waals surface area contributed by atoms with Crippen LogP contribution >= 0.6 is 0 Å².